The lowest BCUT2D eigenvalue weighted by molar-refractivity contribution is -0.178. The number of ether oxygens (including phenoxy) is 1. The number of halogens is 1. The van der Waals surface area contributed by atoms with Gasteiger partial charge < -0.3 is 9.64 Å². The highest BCUT2D eigenvalue weighted by atomic mass is 35.5. The fourth-order valence-corrected chi connectivity index (χ4v) is 6.00. The Hall–Kier alpha value is -1.15. The molecule has 1 spiro atoms. The van der Waals surface area contributed by atoms with Crippen molar-refractivity contribution in [3.05, 3.63) is 28.8 Å². The zero-order valence-corrected chi connectivity index (χ0v) is 14.9. The summed E-state index contributed by atoms with van der Waals surface area (Å²) in [5, 5.41) is 0.419. The summed E-state index contributed by atoms with van der Waals surface area (Å²) in [6.07, 6.45) is 1.49. The van der Waals surface area contributed by atoms with Crippen LogP contribution in [0.3, 0.4) is 0 Å². The van der Waals surface area contributed by atoms with Gasteiger partial charge in [-0.25, -0.2) is 8.42 Å². The molecule has 0 radical (unpaired) electrons. The van der Waals surface area contributed by atoms with E-state index in [1.165, 1.54) is 10.4 Å². The van der Waals surface area contributed by atoms with Crippen molar-refractivity contribution >= 4 is 27.5 Å². The Balaban J connectivity index is 1.72. The molecule has 0 unspecified atom stereocenters. The SMILES string of the molecule is Cc1ccc(S(=O)(=O)N2CC[C@@]34OCCCN3C(=O)C[C@@H]24)cc1Cl. The Kier molecular flexibility index (Phi) is 3.69. The maximum atomic E-state index is 13.1. The third-order valence-corrected chi connectivity index (χ3v) is 7.62. The first kappa shape index (κ1) is 16.3. The molecule has 4 rings (SSSR count). The van der Waals surface area contributed by atoms with Crippen molar-refractivity contribution in [1.82, 2.24) is 9.21 Å². The van der Waals surface area contributed by atoms with Crippen LogP contribution in [0.2, 0.25) is 5.02 Å². The molecule has 24 heavy (non-hydrogen) atoms. The number of rotatable bonds is 2. The van der Waals surface area contributed by atoms with Crippen molar-refractivity contribution < 1.29 is 17.9 Å². The predicted octanol–water partition coefficient (Wildman–Crippen LogP) is 1.76. The third kappa shape index (κ3) is 2.15. The van der Waals surface area contributed by atoms with Gasteiger partial charge in [-0.2, -0.15) is 4.31 Å². The summed E-state index contributed by atoms with van der Waals surface area (Å²) in [5.74, 6) is -0.0264. The largest absolute Gasteiger partial charge is 0.354 e. The van der Waals surface area contributed by atoms with Crippen molar-refractivity contribution in [2.75, 3.05) is 19.7 Å². The Labute approximate surface area is 146 Å². The highest BCUT2D eigenvalue weighted by Gasteiger charge is 2.63. The Bertz CT molecular complexity index is 812. The number of hydrogen-bond acceptors (Lipinski definition) is 4. The molecule has 3 fully saturated rings. The molecule has 130 valence electrons. The minimum atomic E-state index is -3.72. The van der Waals surface area contributed by atoms with E-state index >= 15 is 0 Å². The van der Waals surface area contributed by atoms with Crippen molar-refractivity contribution in [2.45, 2.75) is 42.8 Å². The maximum absolute atomic E-state index is 13.1. The van der Waals surface area contributed by atoms with E-state index in [2.05, 4.69) is 0 Å². The lowest BCUT2D eigenvalue weighted by atomic mass is 10.0. The lowest BCUT2D eigenvalue weighted by Crippen LogP contribution is -2.56. The summed E-state index contributed by atoms with van der Waals surface area (Å²) in [5.41, 5.74) is 0.0445. The summed E-state index contributed by atoms with van der Waals surface area (Å²) in [4.78, 5) is 14.2. The predicted molar refractivity (Wildman–Crippen MR) is 88.1 cm³/mol. The van der Waals surface area contributed by atoms with Crippen LogP contribution in [0.5, 0.6) is 0 Å². The minimum Gasteiger partial charge on any atom is -0.354 e. The zero-order valence-electron chi connectivity index (χ0n) is 13.4. The lowest BCUT2D eigenvalue weighted by Gasteiger charge is -2.42. The van der Waals surface area contributed by atoms with E-state index in [-0.39, 0.29) is 17.2 Å². The zero-order chi connectivity index (χ0) is 17.1. The van der Waals surface area contributed by atoms with Crippen LogP contribution in [0.25, 0.3) is 0 Å². The van der Waals surface area contributed by atoms with Gasteiger partial charge in [0.1, 0.15) is 0 Å². The summed E-state index contributed by atoms with van der Waals surface area (Å²) in [6, 6.07) is 4.28. The van der Waals surface area contributed by atoms with Gasteiger partial charge in [0.25, 0.3) is 0 Å². The molecule has 0 saturated carbocycles. The Morgan fingerprint density at radius 2 is 2.12 bits per heavy atom. The number of carbonyl (C=O) groups excluding carboxylic acids is 1. The molecule has 2 atom stereocenters. The average molecular weight is 371 g/mol. The van der Waals surface area contributed by atoms with Gasteiger partial charge in [-0.05, 0) is 31.0 Å². The van der Waals surface area contributed by atoms with Crippen molar-refractivity contribution in [3.63, 3.8) is 0 Å². The van der Waals surface area contributed by atoms with Gasteiger partial charge in [0.2, 0.25) is 15.9 Å². The molecule has 1 aromatic rings. The van der Waals surface area contributed by atoms with E-state index in [1.807, 2.05) is 6.92 Å². The number of nitrogens with zero attached hydrogens (tertiary/aromatic N) is 2. The average Bonchev–Trinajstić information content (AvgIpc) is 3.02. The van der Waals surface area contributed by atoms with Gasteiger partial charge in [0.15, 0.2) is 5.72 Å². The molecule has 1 amide bonds. The molecule has 3 aliphatic rings. The topological polar surface area (TPSA) is 66.9 Å². The van der Waals surface area contributed by atoms with Crippen molar-refractivity contribution in [1.29, 1.82) is 0 Å². The number of carbonyl (C=O) groups is 1. The maximum Gasteiger partial charge on any atom is 0.243 e. The molecule has 0 aliphatic carbocycles. The Morgan fingerprint density at radius 3 is 2.88 bits per heavy atom. The van der Waals surface area contributed by atoms with Crippen molar-refractivity contribution in [2.24, 2.45) is 0 Å². The van der Waals surface area contributed by atoms with E-state index in [0.717, 1.165) is 12.0 Å². The second-order valence-electron chi connectivity index (χ2n) is 6.59. The van der Waals surface area contributed by atoms with Crippen molar-refractivity contribution in [3.8, 4) is 0 Å². The molecular formula is C16H19ClN2O4S. The molecular weight excluding hydrogens is 352 g/mol. The van der Waals surface area contributed by atoms with E-state index in [4.69, 9.17) is 16.3 Å². The summed E-state index contributed by atoms with van der Waals surface area (Å²) >= 11 is 6.10. The van der Waals surface area contributed by atoms with Crippen LogP contribution < -0.4 is 0 Å². The van der Waals surface area contributed by atoms with Crippen LogP contribution >= 0.6 is 11.6 Å². The smallest absolute Gasteiger partial charge is 0.243 e. The van der Waals surface area contributed by atoms with E-state index in [0.29, 0.717) is 31.1 Å². The van der Waals surface area contributed by atoms with E-state index in [1.54, 1.807) is 17.0 Å². The van der Waals surface area contributed by atoms with Gasteiger partial charge in [0.05, 0.1) is 17.5 Å². The number of amides is 1. The molecule has 6 nitrogen and oxygen atoms in total. The highest BCUT2D eigenvalue weighted by molar-refractivity contribution is 7.89. The van der Waals surface area contributed by atoms with E-state index < -0.39 is 21.8 Å². The van der Waals surface area contributed by atoms with E-state index in [9.17, 15) is 13.2 Å². The molecule has 8 heteroatoms. The number of sulfonamides is 1. The summed E-state index contributed by atoms with van der Waals surface area (Å²) in [6.45, 7) is 3.37. The number of benzene rings is 1. The molecule has 3 heterocycles. The first-order chi connectivity index (χ1) is 11.4. The fraction of sp³-hybridized carbons (Fsp3) is 0.562. The normalized spacial score (nSPS) is 30.5. The van der Waals surface area contributed by atoms with Crippen LogP contribution in [-0.2, 0) is 19.6 Å². The van der Waals surface area contributed by atoms with Crippen LogP contribution in [0, 0.1) is 6.92 Å². The number of hydrogen-bond donors (Lipinski definition) is 0. The first-order valence-electron chi connectivity index (χ1n) is 8.09. The highest BCUT2D eigenvalue weighted by Crippen LogP contribution is 2.46. The van der Waals surface area contributed by atoms with Gasteiger partial charge in [-0.3, -0.25) is 4.79 Å². The monoisotopic (exact) mass is 370 g/mol. The first-order valence-corrected chi connectivity index (χ1v) is 9.90. The molecule has 0 aromatic heterocycles. The molecule has 3 aliphatic heterocycles. The summed E-state index contributed by atoms with van der Waals surface area (Å²) in [7, 11) is -3.72. The third-order valence-electron chi connectivity index (χ3n) is 5.31. The Morgan fingerprint density at radius 1 is 1.33 bits per heavy atom. The molecule has 1 aromatic carbocycles. The van der Waals surface area contributed by atoms with Gasteiger partial charge >= 0.3 is 0 Å². The molecule has 0 bridgehead atoms. The van der Waals surface area contributed by atoms with Crippen LogP contribution in [-0.4, -0.2) is 55.0 Å². The standard InChI is InChI=1S/C16H19ClN2O4S/c1-11-3-4-12(9-13(11)17)24(21,22)19-7-5-16-14(19)10-15(20)18(16)6-2-8-23-16/h3-4,9,14H,2,5-8,10H2,1H3/t14-,16+/m1/s1. The minimum absolute atomic E-state index is 0.0264. The van der Waals surface area contributed by atoms with Crippen LogP contribution in [0.4, 0.5) is 0 Å². The fourth-order valence-electron chi connectivity index (χ4n) is 4.07. The van der Waals surface area contributed by atoms with Crippen LogP contribution in [0.1, 0.15) is 24.8 Å². The van der Waals surface area contributed by atoms with Gasteiger partial charge in [0, 0.05) is 31.0 Å². The number of aryl methyl sites for hydroxylation is 1. The quantitative estimate of drug-likeness (QED) is 0.795. The summed E-state index contributed by atoms with van der Waals surface area (Å²) < 4.78 is 33.6. The van der Waals surface area contributed by atoms with Crippen LogP contribution in [0.15, 0.2) is 23.1 Å². The molecule has 0 N–H and O–H groups in total. The van der Waals surface area contributed by atoms with Gasteiger partial charge in [-0.15, -0.1) is 0 Å². The second kappa shape index (κ2) is 5.42. The van der Waals surface area contributed by atoms with Gasteiger partial charge in [-0.1, -0.05) is 17.7 Å². The second-order valence-corrected chi connectivity index (χ2v) is 8.89. The molecule has 3 saturated heterocycles.